The van der Waals surface area contributed by atoms with Gasteiger partial charge >= 0.3 is 0 Å². The van der Waals surface area contributed by atoms with Gasteiger partial charge in [-0.25, -0.2) is 4.98 Å². The lowest BCUT2D eigenvalue weighted by atomic mass is 10.0. The number of nitrogens with zero attached hydrogens (tertiary/aromatic N) is 15. The number of ketones is 2. The fourth-order valence-electron chi connectivity index (χ4n) is 10.8. The third-order valence-corrected chi connectivity index (χ3v) is 20.5. The number of aromatic amines is 2. The smallest absolute Gasteiger partial charge is 0.269 e. The van der Waals surface area contributed by atoms with Gasteiger partial charge in [-0.2, -0.15) is 15.8 Å². The summed E-state index contributed by atoms with van der Waals surface area (Å²) < 4.78 is 10.9. The van der Waals surface area contributed by atoms with Crippen molar-refractivity contribution in [2.45, 2.75) is 71.0 Å². The molecular weight excluding hydrogens is 1540 g/mol. The van der Waals surface area contributed by atoms with Crippen molar-refractivity contribution in [3.63, 3.8) is 0 Å². The first-order valence-corrected chi connectivity index (χ1v) is 38.6. The highest BCUT2D eigenvalue weighted by atomic mass is 79.9. The molecule has 0 unspecified atom stereocenters. The average Bonchev–Trinajstić information content (AvgIpc) is 1.66. The van der Waals surface area contributed by atoms with Crippen molar-refractivity contribution < 1.29 is 28.7 Å². The number of Topliss-reactive ketones (excluding diaryl/α,β-unsaturated/α-hetero) is 2. The van der Waals surface area contributed by atoms with Crippen molar-refractivity contribution in [2.75, 3.05) is 145 Å². The Morgan fingerprint density at radius 3 is 1.56 bits per heavy atom. The quantitative estimate of drug-likeness (QED) is 0.0303. The molecule has 8 N–H and O–H groups in total. The third kappa shape index (κ3) is 28.6. The minimum atomic E-state index is -0.281. The van der Waals surface area contributed by atoms with Gasteiger partial charge in [-0.1, -0.05) is 136 Å². The van der Waals surface area contributed by atoms with Crippen LogP contribution in [-0.2, 0) is 62.8 Å². The molecule has 2 saturated heterocycles. The highest BCUT2D eigenvalue weighted by Gasteiger charge is 2.24. The summed E-state index contributed by atoms with van der Waals surface area (Å²) in [5.41, 5.74) is 22.8. The molecule has 11 heterocycles. The number of rotatable bonds is 11. The highest BCUT2D eigenvalue weighted by molar-refractivity contribution is 9.09. The van der Waals surface area contributed by atoms with E-state index in [1.165, 1.54) is 62.1 Å². The largest absolute Gasteiger partial charge is 0.397 e. The Labute approximate surface area is 661 Å². The molecule has 0 aliphatic carbocycles. The van der Waals surface area contributed by atoms with E-state index in [0.717, 1.165) is 140 Å². The number of carbonyl (C=O) groups excluding carboxylic acids is 4. The van der Waals surface area contributed by atoms with Crippen molar-refractivity contribution in [3.05, 3.63) is 150 Å². The van der Waals surface area contributed by atoms with Crippen molar-refractivity contribution in [2.24, 2.45) is 5.73 Å². The molecule has 0 bridgehead atoms. The molecule has 5 aliphatic heterocycles. The predicted octanol–water partition coefficient (Wildman–Crippen LogP) is 10.3. The molecule has 2 aromatic carbocycles. The van der Waals surface area contributed by atoms with Crippen molar-refractivity contribution in [1.82, 2.24) is 69.6 Å². The van der Waals surface area contributed by atoms with Crippen LogP contribution in [0.15, 0.2) is 90.6 Å². The van der Waals surface area contributed by atoms with Crippen LogP contribution < -0.4 is 22.1 Å². The fourth-order valence-corrected chi connectivity index (χ4v) is 14.0. The second-order valence-corrected chi connectivity index (χ2v) is 30.5. The van der Waals surface area contributed by atoms with E-state index in [-0.39, 0.29) is 35.0 Å². The van der Waals surface area contributed by atoms with Gasteiger partial charge in [-0.05, 0) is 84.2 Å². The third-order valence-electron chi connectivity index (χ3n) is 16.3. The number of nitrogens with two attached hydrogens (primary N) is 2. The number of ether oxygens (including phenoxy) is 2. The van der Waals surface area contributed by atoms with Gasteiger partial charge in [0, 0.05) is 178 Å². The van der Waals surface area contributed by atoms with Gasteiger partial charge in [0.2, 0.25) is 22.6 Å². The second-order valence-electron chi connectivity index (χ2n) is 25.6. The summed E-state index contributed by atoms with van der Waals surface area (Å²) in [7, 11) is 21.2. The summed E-state index contributed by atoms with van der Waals surface area (Å²) in [5, 5.41) is 50.7. The van der Waals surface area contributed by atoms with Crippen LogP contribution in [0, 0.1) is 43.3 Å². The van der Waals surface area contributed by atoms with Gasteiger partial charge in [0.25, 0.3) is 5.91 Å². The van der Waals surface area contributed by atoms with Crippen LogP contribution in [0.4, 0.5) is 16.0 Å². The second kappa shape index (κ2) is 44.8. The van der Waals surface area contributed by atoms with E-state index in [1.807, 2.05) is 131 Å². The van der Waals surface area contributed by atoms with E-state index in [1.54, 1.807) is 20.3 Å². The van der Waals surface area contributed by atoms with Crippen LogP contribution in [0.2, 0.25) is 0 Å². The fraction of sp³-hybridized carbons (Fsp3) is 0.411. The Kier molecular flexibility index (Phi) is 36.6. The lowest BCUT2D eigenvalue weighted by molar-refractivity contribution is -0.179. The molecule has 8 aromatic rings. The molecule has 107 heavy (non-hydrogen) atoms. The van der Waals surface area contributed by atoms with Crippen LogP contribution in [0.3, 0.4) is 0 Å². The van der Waals surface area contributed by atoms with E-state index >= 15 is 0 Å². The highest BCUT2D eigenvalue weighted by Crippen LogP contribution is 2.36. The summed E-state index contributed by atoms with van der Waals surface area (Å²) in [6, 6.07) is 31.4. The maximum absolute atomic E-state index is 12.8. The van der Waals surface area contributed by atoms with Crippen LogP contribution in [0.5, 0.6) is 0 Å². The summed E-state index contributed by atoms with van der Waals surface area (Å²) in [6.45, 7) is 9.32. The molecule has 0 saturated carbocycles. The minimum absolute atomic E-state index is 0.129. The number of nitriles is 3. The summed E-state index contributed by atoms with van der Waals surface area (Å²) in [5.74, 6) is 0.303. The first kappa shape index (κ1) is 87.5. The van der Waals surface area contributed by atoms with Crippen LogP contribution in [-0.4, -0.2) is 233 Å². The Hall–Kier alpha value is -8.45. The molecule has 6 aromatic heterocycles. The number of nitrogen functional groups attached to an aromatic ring is 1. The van der Waals surface area contributed by atoms with E-state index < -0.39 is 0 Å². The molecule has 2 amide bonds. The number of methoxy groups -OCH3 is 2. The van der Waals surface area contributed by atoms with Crippen molar-refractivity contribution in [3.8, 4) is 39.3 Å². The van der Waals surface area contributed by atoms with Gasteiger partial charge in [0.1, 0.15) is 46.9 Å². The predicted molar refractivity (Wildman–Crippen MR) is 437 cm³/mol. The molecule has 13 rings (SSSR count). The zero-order valence-electron chi connectivity index (χ0n) is 62.0. The van der Waals surface area contributed by atoms with Gasteiger partial charge < -0.3 is 60.3 Å². The maximum atomic E-state index is 12.8. The number of piperidine rings is 2. The Morgan fingerprint density at radius 2 is 1.13 bits per heavy atom. The molecule has 0 radical (unpaired) electrons. The number of hydrogen-bond donors (Lipinski definition) is 6. The molecule has 2 fully saturated rings. The van der Waals surface area contributed by atoms with Gasteiger partial charge in [0.05, 0.1) is 39.6 Å². The lowest BCUT2D eigenvalue weighted by Crippen LogP contribution is -2.33. The molecule has 34 heteroatoms. The van der Waals surface area contributed by atoms with Gasteiger partial charge in [-0.3, -0.25) is 34.7 Å². The number of thiocarbonyl (C=S) groups is 1. The summed E-state index contributed by atoms with van der Waals surface area (Å²) >= 11 is 21.6. The number of thiophene rings is 1. The number of alkyl halides is 1. The molecule has 5 aliphatic rings. The van der Waals surface area contributed by atoms with Crippen molar-refractivity contribution in [1.29, 1.82) is 15.8 Å². The number of halogens is 1. The number of anilines is 3. The molecule has 0 atom stereocenters. The Morgan fingerprint density at radius 1 is 0.664 bits per heavy atom. The maximum Gasteiger partial charge on any atom is 0.269 e. The lowest BCUT2D eigenvalue weighted by Gasteiger charge is -2.24. The minimum Gasteiger partial charge on any atom is -0.397 e. The number of likely N-dealkylation sites (tertiary alicyclic amines) is 2. The molecule has 568 valence electrons. The number of nitrogens with one attached hydrogen (secondary N) is 4. The first-order chi connectivity index (χ1) is 51.1. The number of carbonyl (C=O) groups is 4. The zero-order valence-corrected chi connectivity index (χ0v) is 68.5. The van der Waals surface area contributed by atoms with Gasteiger partial charge in [0.15, 0.2) is 5.78 Å². The number of H-pyrrole nitrogens is 2. The number of fused-ring (bicyclic) bond motifs is 4. The van der Waals surface area contributed by atoms with Crippen LogP contribution >= 0.6 is 86.6 Å². The standard InChI is InChI=1S/C20H18N6OS2.C10H8BrN3OS.2C10H11N3S.C9H16N2O.C6H11NO.C5H13NO2.C3H4N2S/c1-26-8-7-14-12(10-26)9-13-15(21)16(28-19(13)22-14)17(27)23-20-25-24-18(29-20)11-5-3-2-4-6-11;11-6-8(15)12-10-14-13-9(16-10)7-4-2-1-3-5-7;2*1-13-3-2-9-8(6-13)4-7(5-11)10(14)12-9;1-10(2)6-8-7-11(3)5-4-9(8)12;1-7-4-2-6(8)3-5-7;1-6(2)5(7-3)8-4;4-2-1-3(5)6/h2-6,9H,7-8,10,21H2,1H3,(H,23,25,27);1-5H,6H2,(H,12,14,15);2*4H,2-3,6H2,1H3,(H,12,14);6H,4-5,7H2,1-3H3;2-5H2,1H3;5H,1-4H3;1H2,(H2,5,6)/b;;;;8-6-;;;. The summed E-state index contributed by atoms with van der Waals surface area (Å²) in [6.07, 6.45) is 6.96. The van der Waals surface area contributed by atoms with Crippen molar-refractivity contribution >= 4 is 141 Å². The van der Waals surface area contributed by atoms with Crippen LogP contribution in [0.1, 0.15) is 80.3 Å². The van der Waals surface area contributed by atoms with E-state index in [4.69, 9.17) is 66.1 Å². The molecule has 0 spiro atoms. The first-order valence-electron chi connectivity index (χ1n) is 33.8. The number of amides is 2. The van der Waals surface area contributed by atoms with Crippen LogP contribution in [0.25, 0.3) is 31.4 Å². The SMILES string of the molecule is CN(C)/C=C1/CN(C)CCC1=O.CN1CCC(=O)CC1.CN1CCc2[nH]c(=S)c(C#N)cc2C1.CN1CCc2[nH]c(=S)c(C#N)cc2C1.CN1CCc2nc3sc(C(=O)Nc4nnc(-c5ccccc5)s4)c(N)c3cc2C1.COC(OC)N(C)C.N#CCC(N)=S.O=C(CBr)Nc1nnc(-c2ccccc2)s1. The topological polar surface area (TPSA) is 353 Å². The van der Waals surface area contributed by atoms with Gasteiger partial charge in [-0.15, -0.1) is 31.7 Å². The van der Waals surface area contributed by atoms with E-state index in [0.29, 0.717) is 59.2 Å². The Bertz CT molecular complexity index is 4480. The number of likely N-dealkylation sites (N-methyl/N-ethyl adjacent to an activating group) is 4. The number of benzene rings is 2. The Balaban J connectivity index is 0.000000202. The van der Waals surface area contributed by atoms with E-state index in [2.05, 4.69) is 133 Å². The summed E-state index contributed by atoms with van der Waals surface area (Å²) in [4.78, 5) is 73.3. The van der Waals surface area contributed by atoms with E-state index in [9.17, 15) is 19.2 Å². The molecule has 27 nitrogen and oxygen atoms in total. The number of pyridine rings is 3. The number of aromatic nitrogens is 7. The zero-order chi connectivity index (χ0) is 78.3. The monoisotopic (exact) mass is 1630 g/mol. The number of hydrogen-bond acceptors (Lipinski definition) is 28. The molecular formula is C73H92BrN21O6S6. The average molecular weight is 1630 g/mol. The normalized spacial score (nSPS) is 15.1.